The van der Waals surface area contributed by atoms with E-state index in [1.807, 2.05) is 6.07 Å². The fourth-order valence-corrected chi connectivity index (χ4v) is 5.06. The molecule has 2 fully saturated rings. The summed E-state index contributed by atoms with van der Waals surface area (Å²) in [6.45, 7) is 7.80. The maximum atomic E-state index is 11.0. The molecule has 1 aromatic rings. The quantitative estimate of drug-likeness (QED) is 0.545. The van der Waals surface area contributed by atoms with Crippen molar-refractivity contribution in [1.29, 1.82) is 0 Å². The molecule has 150 valence electrons. The summed E-state index contributed by atoms with van der Waals surface area (Å²) in [5.41, 5.74) is 0.752. The number of aromatic hydroxyl groups is 1. The molecule has 0 unspecified atom stereocenters. The summed E-state index contributed by atoms with van der Waals surface area (Å²) in [4.78, 5) is 13.0. The molecule has 1 saturated heterocycles. The van der Waals surface area contributed by atoms with Crippen LogP contribution < -0.4 is 0 Å². The van der Waals surface area contributed by atoms with Crippen molar-refractivity contribution in [2.45, 2.75) is 70.6 Å². The molecule has 0 spiro atoms. The molecule has 1 aromatic carbocycles. The predicted molar refractivity (Wildman–Crippen MR) is 108 cm³/mol. The summed E-state index contributed by atoms with van der Waals surface area (Å²) >= 11 is 0. The van der Waals surface area contributed by atoms with Crippen molar-refractivity contribution in [3.8, 4) is 5.75 Å². The average molecular weight is 375 g/mol. The molecule has 0 aromatic heterocycles. The minimum atomic E-state index is -0.528. The molecule has 2 aliphatic rings. The summed E-state index contributed by atoms with van der Waals surface area (Å²) in [7, 11) is 0. The van der Waals surface area contributed by atoms with E-state index < -0.39 is 4.92 Å². The van der Waals surface area contributed by atoms with Crippen LogP contribution in [0.25, 0.3) is 0 Å². The van der Waals surface area contributed by atoms with Gasteiger partial charge in [0.2, 0.25) is 0 Å². The molecule has 0 bridgehead atoms. The summed E-state index contributed by atoms with van der Waals surface area (Å²) in [5, 5.41) is 21.0. The van der Waals surface area contributed by atoms with Crippen LogP contribution >= 0.6 is 0 Å². The van der Waals surface area contributed by atoms with Crippen LogP contribution in [0.1, 0.15) is 70.8 Å². The van der Waals surface area contributed by atoms with Crippen molar-refractivity contribution < 1.29 is 10.0 Å². The van der Waals surface area contributed by atoms with Crippen LogP contribution in [-0.4, -0.2) is 34.6 Å². The first-order chi connectivity index (χ1) is 12.9. The number of phenols is 1. The first-order valence-corrected chi connectivity index (χ1v) is 10.6. The van der Waals surface area contributed by atoms with Crippen molar-refractivity contribution in [1.82, 2.24) is 4.90 Å². The van der Waals surface area contributed by atoms with Gasteiger partial charge >= 0.3 is 5.69 Å². The van der Waals surface area contributed by atoms with Gasteiger partial charge in [0.15, 0.2) is 5.75 Å². The third-order valence-electron chi connectivity index (χ3n) is 7.21. The lowest BCUT2D eigenvalue weighted by atomic mass is 9.68. The molecule has 5 nitrogen and oxygen atoms in total. The molecule has 1 aliphatic heterocycles. The van der Waals surface area contributed by atoms with Gasteiger partial charge in [-0.2, -0.15) is 0 Å². The van der Waals surface area contributed by atoms with Crippen molar-refractivity contribution in [3.05, 3.63) is 33.9 Å². The molecule has 0 amide bonds. The number of nitro groups is 1. The Morgan fingerprint density at radius 1 is 1.30 bits per heavy atom. The van der Waals surface area contributed by atoms with E-state index in [2.05, 4.69) is 18.7 Å². The zero-order valence-corrected chi connectivity index (χ0v) is 16.8. The smallest absolute Gasteiger partial charge is 0.310 e. The maximum absolute atomic E-state index is 11.0. The maximum Gasteiger partial charge on any atom is 0.310 e. The topological polar surface area (TPSA) is 66.6 Å². The highest BCUT2D eigenvalue weighted by atomic mass is 16.6. The Hall–Kier alpha value is -1.62. The van der Waals surface area contributed by atoms with E-state index in [-0.39, 0.29) is 16.9 Å². The lowest BCUT2D eigenvalue weighted by Gasteiger charge is -2.45. The van der Waals surface area contributed by atoms with Gasteiger partial charge in [-0.3, -0.25) is 10.1 Å². The summed E-state index contributed by atoms with van der Waals surface area (Å²) < 4.78 is 0. The fourth-order valence-electron chi connectivity index (χ4n) is 5.06. The van der Waals surface area contributed by atoms with Crippen LogP contribution in [0.3, 0.4) is 0 Å². The first kappa shape index (κ1) is 20.1. The number of benzene rings is 1. The molecule has 27 heavy (non-hydrogen) atoms. The van der Waals surface area contributed by atoms with Gasteiger partial charge in [0.1, 0.15) is 0 Å². The Labute approximate surface area is 162 Å². The second-order valence-corrected chi connectivity index (χ2v) is 8.98. The Kier molecular flexibility index (Phi) is 6.40. The van der Waals surface area contributed by atoms with Gasteiger partial charge in [-0.1, -0.05) is 52.0 Å². The van der Waals surface area contributed by atoms with E-state index in [9.17, 15) is 15.2 Å². The number of hydrogen-bond donors (Lipinski definition) is 1. The van der Waals surface area contributed by atoms with E-state index in [0.717, 1.165) is 31.0 Å². The highest BCUT2D eigenvalue weighted by Crippen LogP contribution is 2.42. The monoisotopic (exact) mass is 374 g/mol. The van der Waals surface area contributed by atoms with Crippen LogP contribution in [0.5, 0.6) is 5.75 Å². The molecule has 2 atom stereocenters. The standard InChI is InChI=1S/C22H34N2O3/c1-17-16-23(13-6-9-18-7-4-3-5-8-18)14-12-22(17,2)19-10-11-20(24(26)27)21(25)15-19/h10-11,15,17-18,25H,3-9,12-14,16H2,1-2H3/t17-,22-/m0/s1. The largest absolute Gasteiger partial charge is 0.502 e. The number of nitrogens with zero attached hydrogens (tertiary/aromatic N) is 2. The second-order valence-electron chi connectivity index (χ2n) is 8.98. The Balaban J connectivity index is 1.55. The molecule has 5 heteroatoms. The van der Waals surface area contributed by atoms with Gasteiger partial charge < -0.3 is 10.0 Å². The normalized spacial score (nSPS) is 27.6. The number of likely N-dealkylation sites (tertiary alicyclic amines) is 1. The van der Waals surface area contributed by atoms with Gasteiger partial charge in [-0.15, -0.1) is 0 Å². The third kappa shape index (κ3) is 4.63. The Bertz CT molecular complexity index is 657. The van der Waals surface area contributed by atoms with Gasteiger partial charge in [-0.25, -0.2) is 0 Å². The summed E-state index contributed by atoms with van der Waals surface area (Å²) in [6, 6.07) is 4.87. The van der Waals surface area contributed by atoms with E-state index in [4.69, 9.17) is 0 Å². The van der Waals surface area contributed by atoms with Crippen molar-refractivity contribution in [2.75, 3.05) is 19.6 Å². The Morgan fingerprint density at radius 2 is 2.04 bits per heavy atom. The zero-order valence-electron chi connectivity index (χ0n) is 16.8. The van der Waals surface area contributed by atoms with Gasteiger partial charge in [0, 0.05) is 12.6 Å². The van der Waals surface area contributed by atoms with Crippen LogP contribution in [0.15, 0.2) is 18.2 Å². The molecule has 1 N–H and O–H groups in total. The van der Waals surface area contributed by atoms with Crippen LogP contribution in [0.2, 0.25) is 0 Å². The van der Waals surface area contributed by atoms with Crippen LogP contribution in [0, 0.1) is 22.0 Å². The average Bonchev–Trinajstić information content (AvgIpc) is 2.65. The number of nitro benzene ring substituents is 1. The second kappa shape index (κ2) is 8.59. The third-order valence-corrected chi connectivity index (χ3v) is 7.21. The van der Waals surface area contributed by atoms with E-state index in [1.165, 1.54) is 57.6 Å². The number of rotatable bonds is 6. The lowest BCUT2D eigenvalue weighted by Crippen LogP contribution is -2.47. The molecule has 3 rings (SSSR count). The van der Waals surface area contributed by atoms with Gasteiger partial charge in [0.25, 0.3) is 0 Å². The summed E-state index contributed by atoms with van der Waals surface area (Å²) in [6.07, 6.45) is 10.8. The van der Waals surface area contributed by atoms with E-state index in [1.54, 1.807) is 6.07 Å². The Morgan fingerprint density at radius 3 is 2.67 bits per heavy atom. The number of phenolic OH excluding ortho intramolecular Hbond substituents is 1. The molecule has 1 aliphatic carbocycles. The minimum Gasteiger partial charge on any atom is -0.502 e. The number of piperidine rings is 1. The highest BCUT2D eigenvalue weighted by molar-refractivity contribution is 5.49. The zero-order chi connectivity index (χ0) is 19.4. The highest BCUT2D eigenvalue weighted by Gasteiger charge is 2.38. The van der Waals surface area contributed by atoms with E-state index in [0.29, 0.717) is 5.92 Å². The summed E-state index contributed by atoms with van der Waals surface area (Å²) in [5.74, 6) is 1.18. The molecular weight excluding hydrogens is 340 g/mol. The number of hydrogen-bond acceptors (Lipinski definition) is 4. The lowest BCUT2D eigenvalue weighted by molar-refractivity contribution is -0.385. The minimum absolute atomic E-state index is 0.0491. The van der Waals surface area contributed by atoms with E-state index >= 15 is 0 Å². The van der Waals surface area contributed by atoms with Crippen LogP contribution in [-0.2, 0) is 5.41 Å². The van der Waals surface area contributed by atoms with Crippen LogP contribution in [0.4, 0.5) is 5.69 Å². The van der Waals surface area contributed by atoms with Crippen molar-refractivity contribution in [2.24, 2.45) is 11.8 Å². The van der Waals surface area contributed by atoms with Gasteiger partial charge in [0.05, 0.1) is 4.92 Å². The van der Waals surface area contributed by atoms with Crippen molar-refractivity contribution in [3.63, 3.8) is 0 Å². The predicted octanol–water partition coefficient (Wildman–Crippen LogP) is 5.26. The fraction of sp³-hybridized carbons (Fsp3) is 0.727. The molecule has 1 heterocycles. The first-order valence-electron chi connectivity index (χ1n) is 10.6. The molecule has 0 radical (unpaired) electrons. The SMILES string of the molecule is C[C@H]1CN(CCCC2CCCCC2)CC[C@]1(C)c1ccc([N+](=O)[O-])c(O)c1. The van der Waals surface area contributed by atoms with Crippen molar-refractivity contribution >= 4 is 5.69 Å². The van der Waals surface area contributed by atoms with Gasteiger partial charge in [-0.05, 0) is 61.2 Å². The molecule has 1 saturated carbocycles. The molecular formula is C22H34N2O3.